The zero-order chi connectivity index (χ0) is 17.5. The second-order valence-corrected chi connectivity index (χ2v) is 5.89. The van der Waals surface area contributed by atoms with E-state index in [2.05, 4.69) is 20.6 Å². The maximum absolute atomic E-state index is 12.2. The van der Waals surface area contributed by atoms with Crippen LogP contribution in [-0.4, -0.2) is 61.7 Å². The van der Waals surface area contributed by atoms with E-state index in [1.54, 1.807) is 11.3 Å². The predicted octanol–water partition coefficient (Wildman–Crippen LogP) is 1.80. The number of guanidine groups is 1. The molecule has 24 heavy (non-hydrogen) atoms. The lowest BCUT2D eigenvalue weighted by Gasteiger charge is -2.19. The molecule has 1 amide bonds. The Hall–Kier alpha value is -1.11. The fourth-order valence-electron chi connectivity index (χ4n) is 1.70. The smallest absolute Gasteiger partial charge is 0.356 e. The summed E-state index contributed by atoms with van der Waals surface area (Å²) < 4.78 is 36.6. The number of nitrogens with one attached hydrogen (secondary N) is 2. The highest BCUT2D eigenvalue weighted by Gasteiger charge is 2.31. The van der Waals surface area contributed by atoms with Gasteiger partial charge in [0.1, 0.15) is 6.54 Å². The molecule has 138 valence electrons. The highest BCUT2D eigenvalue weighted by molar-refractivity contribution is 14.0. The summed E-state index contributed by atoms with van der Waals surface area (Å²) in [5.74, 6) is -0.314. The van der Waals surface area contributed by atoms with Crippen molar-refractivity contribution < 1.29 is 18.0 Å². The third-order valence-corrected chi connectivity index (χ3v) is 3.64. The number of amides is 1. The first-order valence-corrected chi connectivity index (χ1v) is 7.75. The van der Waals surface area contributed by atoms with Crippen LogP contribution in [0.1, 0.15) is 10.7 Å². The molecule has 6 nitrogen and oxygen atoms in total. The number of hydrogen-bond acceptors (Lipinski definition) is 4. The van der Waals surface area contributed by atoms with Crippen LogP contribution in [0.15, 0.2) is 10.4 Å². The Morgan fingerprint density at radius 1 is 1.42 bits per heavy atom. The van der Waals surface area contributed by atoms with Crippen LogP contribution in [0, 0.1) is 6.92 Å². The minimum absolute atomic E-state index is 0. The Labute approximate surface area is 159 Å². The second-order valence-electron chi connectivity index (χ2n) is 4.83. The van der Waals surface area contributed by atoms with E-state index < -0.39 is 18.6 Å². The molecule has 11 heteroatoms. The number of aliphatic imine (C=N–C) groups is 1. The highest BCUT2D eigenvalue weighted by atomic mass is 127. The van der Waals surface area contributed by atoms with Gasteiger partial charge in [0.2, 0.25) is 5.91 Å². The van der Waals surface area contributed by atoms with Gasteiger partial charge in [0, 0.05) is 32.4 Å². The average molecular weight is 479 g/mol. The minimum atomic E-state index is -4.41. The molecule has 0 atom stereocenters. The van der Waals surface area contributed by atoms with Crippen LogP contribution in [0.25, 0.3) is 0 Å². The quantitative estimate of drug-likeness (QED) is 0.371. The molecule has 0 saturated heterocycles. The molecule has 0 bridgehead atoms. The number of thiazole rings is 1. The summed E-state index contributed by atoms with van der Waals surface area (Å²) in [6.07, 6.45) is -3.72. The van der Waals surface area contributed by atoms with Gasteiger partial charge in [0.15, 0.2) is 5.96 Å². The third-order valence-electron chi connectivity index (χ3n) is 2.81. The Morgan fingerprint density at radius 2 is 2.08 bits per heavy atom. The number of rotatable bonds is 6. The molecule has 0 aliphatic heterocycles. The zero-order valence-corrected chi connectivity index (χ0v) is 16.8. The van der Waals surface area contributed by atoms with Crippen molar-refractivity contribution in [1.29, 1.82) is 0 Å². The number of aryl methyl sites for hydroxylation is 1. The Morgan fingerprint density at radius 3 is 2.58 bits per heavy atom. The molecule has 0 spiro atoms. The van der Waals surface area contributed by atoms with E-state index in [4.69, 9.17) is 0 Å². The molecular weight excluding hydrogens is 458 g/mol. The van der Waals surface area contributed by atoms with E-state index in [0.29, 0.717) is 23.8 Å². The lowest BCUT2D eigenvalue weighted by Crippen LogP contribution is -2.45. The Kier molecular flexibility index (Phi) is 10.2. The van der Waals surface area contributed by atoms with Crippen molar-refractivity contribution in [1.82, 2.24) is 20.5 Å². The van der Waals surface area contributed by atoms with E-state index in [-0.39, 0.29) is 30.5 Å². The van der Waals surface area contributed by atoms with Crippen molar-refractivity contribution in [2.75, 3.05) is 33.7 Å². The maximum Gasteiger partial charge on any atom is 0.406 e. The molecule has 0 fully saturated rings. The van der Waals surface area contributed by atoms with Crippen LogP contribution in [-0.2, 0) is 11.2 Å². The predicted molar refractivity (Wildman–Crippen MR) is 99.0 cm³/mol. The van der Waals surface area contributed by atoms with Crippen LogP contribution in [0.4, 0.5) is 13.2 Å². The number of carbonyl (C=O) groups excluding carboxylic acids is 1. The standard InChI is InChI=1S/C13H20F3N5OS.HI/c1-9-20-10(7-23-9)4-5-18-12(17-2)19-6-11(22)21(3)8-13(14,15)16;/h7H,4-6,8H2,1-3H3,(H2,17,18,19);1H. The van der Waals surface area contributed by atoms with Crippen molar-refractivity contribution in [2.45, 2.75) is 19.5 Å². The lowest BCUT2D eigenvalue weighted by molar-refractivity contribution is -0.157. The van der Waals surface area contributed by atoms with Gasteiger partial charge in [-0.25, -0.2) is 4.98 Å². The summed E-state index contributed by atoms with van der Waals surface area (Å²) >= 11 is 1.56. The number of alkyl halides is 3. The summed E-state index contributed by atoms with van der Waals surface area (Å²) in [6.45, 7) is 0.936. The van der Waals surface area contributed by atoms with Gasteiger partial charge >= 0.3 is 6.18 Å². The second kappa shape index (κ2) is 10.7. The fourth-order valence-corrected chi connectivity index (χ4v) is 2.35. The molecule has 2 N–H and O–H groups in total. The van der Waals surface area contributed by atoms with Crippen LogP contribution in [0.2, 0.25) is 0 Å². The maximum atomic E-state index is 12.2. The normalized spacial score (nSPS) is 11.7. The van der Waals surface area contributed by atoms with E-state index >= 15 is 0 Å². The van der Waals surface area contributed by atoms with Gasteiger partial charge < -0.3 is 15.5 Å². The van der Waals surface area contributed by atoms with Crippen molar-refractivity contribution in [2.24, 2.45) is 4.99 Å². The van der Waals surface area contributed by atoms with E-state index in [1.807, 2.05) is 12.3 Å². The van der Waals surface area contributed by atoms with Crippen LogP contribution in [0.3, 0.4) is 0 Å². The molecule has 0 unspecified atom stereocenters. The summed E-state index contributed by atoms with van der Waals surface area (Å²) in [6, 6.07) is 0. The number of carbonyl (C=O) groups is 1. The topological polar surface area (TPSA) is 69.6 Å². The molecule has 1 aromatic rings. The van der Waals surface area contributed by atoms with E-state index in [1.165, 1.54) is 7.05 Å². The summed E-state index contributed by atoms with van der Waals surface area (Å²) in [5, 5.41) is 8.62. The molecule has 0 saturated carbocycles. The average Bonchev–Trinajstić information content (AvgIpc) is 2.86. The van der Waals surface area contributed by atoms with Gasteiger partial charge in [-0.3, -0.25) is 9.79 Å². The number of hydrogen-bond donors (Lipinski definition) is 2. The highest BCUT2D eigenvalue weighted by Crippen LogP contribution is 2.15. The van der Waals surface area contributed by atoms with Gasteiger partial charge in [-0.05, 0) is 6.92 Å². The Bertz CT molecular complexity index is 550. The monoisotopic (exact) mass is 479 g/mol. The molecule has 0 aliphatic carbocycles. The fraction of sp³-hybridized carbons (Fsp3) is 0.615. The van der Waals surface area contributed by atoms with Crippen LogP contribution < -0.4 is 10.6 Å². The van der Waals surface area contributed by atoms with Crippen LogP contribution >= 0.6 is 35.3 Å². The first kappa shape index (κ1) is 22.9. The van der Waals surface area contributed by atoms with E-state index in [9.17, 15) is 18.0 Å². The molecule has 1 aromatic heterocycles. The number of halogens is 4. The summed E-state index contributed by atoms with van der Waals surface area (Å²) in [7, 11) is 2.63. The molecular formula is C13H21F3IN5OS. The van der Waals surface area contributed by atoms with Gasteiger partial charge in [-0.15, -0.1) is 35.3 Å². The van der Waals surface area contributed by atoms with Gasteiger partial charge in [-0.2, -0.15) is 13.2 Å². The number of likely N-dealkylation sites (N-methyl/N-ethyl adjacent to an activating group) is 1. The first-order valence-electron chi connectivity index (χ1n) is 6.87. The molecule has 0 aromatic carbocycles. The van der Waals surface area contributed by atoms with Crippen molar-refractivity contribution in [3.05, 3.63) is 16.1 Å². The number of nitrogens with zero attached hydrogens (tertiary/aromatic N) is 3. The zero-order valence-electron chi connectivity index (χ0n) is 13.6. The van der Waals surface area contributed by atoms with Crippen molar-refractivity contribution >= 4 is 47.2 Å². The molecule has 0 radical (unpaired) electrons. The number of aromatic nitrogens is 1. The molecule has 1 rings (SSSR count). The SMILES string of the molecule is CN=C(NCCc1csc(C)n1)NCC(=O)N(C)CC(F)(F)F.I. The largest absolute Gasteiger partial charge is 0.406 e. The van der Waals surface area contributed by atoms with Crippen molar-refractivity contribution in [3.63, 3.8) is 0 Å². The molecule has 0 aliphatic rings. The van der Waals surface area contributed by atoms with Crippen LogP contribution in [0.5, 0.6) is 0 Å². The van der Waals surface area contributed by atoms with Crippen molar-refractivity contribution in [3.8, 4) is 0 Å². The minimum Gasteiger partial charge on any atom is -0.356 e. The third kappa shape index (κ3) is 9.25. The van der Waals surface area contributed by atoms with Gasteiger partial charge in [0.25, 0.3) is 0 Å². The summed E-state index contributed by atoms with van der Waals surface area (Å²) in [4.78, 5) is 20.5. The van der Waals surface area contributed by atoms with Gasteiger partial charge in [0.05, 0.1) is 17.2 Å². The lowest BCUT2D eigenvalue weighted by atomic mass is 10.3. The first-order chi connectivity index (χ1) is 10.7. The Balaban J connectivity index is 0.00000529. The van der Waals surface area contributed by atoms with Gasteiger partial charge in [-0.1, -0.05) is 0 Å². The van der Waals surface area contributed by atoms with E-state index in [0.717, 1.165) is 17.7 Å². The molecule has 1 heterocycles. The summed E-state index contributed by atoms with van der Waals surface area (Å²) in [5.41, 5.74) is 0.955.